The average Bonchev–Trinajstić information content (AvgIpc) is 2.52. The van der Waals surface area contributed by atoms with Crippen molar-refractivity contribution in [1.29, 1.82) is 0 Å². The lowest BCUT2D eigenvalue weighted by molar-refractivity contribution is -0.143. The molecule has 2 unspecified atom stereocenters. The summed E-state index contributed by atoms with van der Waals surface area (Å²) < 4.78 is 0. The van der Waals surface area contributed by atoms with E-state index < -0.39 is 0 Å². The summed E-state index contributed by atoms with van der Waals surface area (Å²) in [5.41, 5.74) is 0. The molecule has 78 valence electrons. The molecule has 0 aromatic carbocycles. The van der Waals surface area contributed by atoms with Crippen molar-refractivity contribution in [2.45, 2.75) is 6.42 Å². The number of imide groups is 1. The first-order valence-corrected chi connectivity index (χ1v) is 5.35. The second kappa shape index (κ2) is 3.87. The molecule has 2 heterocycles. The highest BCUT2D eigenvalue weighted by atomic mass is 35.5. The van der Waals surface area contributed by atoms with Gasteiger partial charge in [-0.25, -0.2) is 0 Å². The van der Waals surface area contributed by atoms with Crippen LogP contribution in [0.15, 0.2) is 0 Å². The Morgan fingerprint density at radius 1 is 1.50 bits per heavy atom. The fourth-order valence-corrected chi connectivity index (χ4v) is 2.30. The Balaban J connectivity index is 2.10. The molecular weight excluding hydrogens is 204 g/mol. The van der Waals surface area contributed by atoms with Gasteiger partial charge in [-0.1, -0.05) is 0 Å². The number of nitrogens with zero attached hydrogens (tertiary/aromatic N) is 2. The lowest BCUT2D eigenvalue weighted by atomic mass is 10.1. The summed E-state index contributed by atoms with van der Waals surface area (Å²) in [7, 11) is 0. The zero-order valence-electron chi connectivity index (χ0n) is 7.91. The normalized spacial score (nSPS) is 31.8. The molecule has 2 saturated heterocycles. The third kappa shape index (κ3) is 1.77. The monoisotopic (exact) mass is 216 g/mol. The first-order chi connectivity index (χ1) is 6.70. The molecule has 2 rings (SSSR count). The molecule has 14 heavy (non-hydrogen) atoms. The van der Waals surface area contributed by atoms with Gasteiger partial charge < -0.3 is 0 Å². The van der Waals surface area contributed by atoms with Gasteiger partial charge in [-0.15, -0.1) is 11.6 Å². The minimum absolute atomic E-state index is 0.0988. The summed E-state index contributed by atoms with van der Waals surface area (Å²) in [5.74, 6) is -0.00441. The standard InChI is InChI=1S/C9H13ClN2O2/c10-3-8(13)12-5-7-1-2-11(4-7)6-9(12)14/h7H,1-6H2. The van der Waals surface area contributed by atoms with Crippen LogP contribution in [0.2, 0.25) is 0 Å². The van der Waals surface area contributed by atoms with E-state index in [1.807, 2.05) is 0 Å². The number of halogens is 1. The van der Waals surface area contributed by atoms with Crippen molar-refractivity contribution < 1.29 is 9.59 Å². The van der Waals surface area contributed by atoms with Crippen molar-refractivity contribution in [3.8, 4) is 0 Å². The fourth-order valence-electron chi connectivity index (χ4n) is 2.16. The molecule has 0 saturated carbocycles. The Morgan fingerprint density at radius 3 is 3.00 bits per heavy atom. The van der Waals surface area contributed by atoms with Crippen molar-refractivity contribution in [2.24, 2.45) is 5.92 Å². The third-order valence-electron chi connectivity index (χ3n) is 2.89. The van der Waals surface area contributed by atoms with Crippen LogP contribution in [0, 0.1) is 5.92 Å². The van der Waals surface area contributed by atoms with Gasteiger partial charge in [-0.05, 0) is 18.9 Å². The molecule has 0 aromatic heterocycles. The van der Waals surface area contributed by atoms with Crippen LogP contribution in [0.1, 0.15) is 6.42 Å². The van der Waals surface area contributed by atoms with Crippen LogP contribution < -0.4 is 0 Å². The minimum atomic E-state index is -0.259. The van der Waals surface area contributed by atoms with Crippen molar-refractivity contribution >= 4 is 23.4 Å². The van der Waals surface area contributed by atoms with E-state index >= 15 is 0 Å². The van der Waals surface area contributed by atoms with Crippen LogP contribution in [0.3, 0.4) is 0 Å². The highest BCUT2D eigenvalue weighted by molar-refractivity contribution is 6.28. The van der Waals surface area contributed by atoms with E-state index in [1.54, 1.807) is 0 Å². The zero-order chi connectivity index (χ0) is 10.1. The van der Waals surface area contributed by atoms with E-state index in [2.05, 4.69) is 4.90 Å². The maximum atomic E-state index is 11.6. The molecule has 2 aliphatic rings. The molecule has 2 atom stereocenters. The van der Waals surface area contributed by atoms with Crippen molar-refractivity contribution in [2.75, 3.05) is 32.1 Å². The predicted molar refractivity (Wildman–Crippen MR) is 52.0 cm³/mol. The summed E-state index contributed by atoms with van der Waals surface area (Å²) in [6.07, 6.45) is 1.08. The highest BCUT2D eigenvalue weighted by Gasteiger charge is 2.34. The highest BCUT2D eigenvalue weighted by Crippen LogP contribution is 2.21. The SMILES string of the molecule is O=C(CCl)N1CC2CCN(CC1=O)C2. The van der Waals surface area contributed by atoms with Crippen LogP contribution >= 0.6 is 11.6 Å². The van der Waals surface area contributed by atoms with E-state index in [0.717, 1.165) is 19.5 Å². The van der Waals surface area contributed by atoms with E-state index in [1.165, 1.54) is 4.90 Å². The number of amides is 2. The van der Waals surface area contributed by atoms with Gasteiger partial charge in [0.25, 0.3) is 0 Å². The number of fused-ring (bicyclic) bond motifs is 2. The molecule has 2 amide bonds. The minimum Gasteiger partial charge on any atom is -0.294 e. The molecule has 5 heteroatoms. The van der Waals surface area contributed by atoms with Gasteiger partial charge >= 0.3 is 0 Å². The largest absolute Gasteiger partial charge is 0.294 e. The summed E-state index contributed by atoms with van der Waals surface area (Å²) >= 11 is 5.45. The van der Waals surface area contributed by atoms with Gasteiger partial charge in [-0.2, -0.15) is 0 Å². The summed E-state index contributed by atoms with van der Waals surface area (Å²) in [6.45, 7) is 2.86. The van der Waals surface area contributed by atoms with Gasteiger partial charge in [0.2, 0.25) is 11.8 Å². The van der Waals surface area contributed by atoms with E-state index in [-0.39, 0.29) is 17.7 Å². The lowest BCUT2D eigenvalue weighted by Crippen LogP contribution is -2.43. The number of hydrogen-bond acceptors (Lipinski definition) is 3. The second-order valence-corrected chi connectivity index (χ2v) is 4.19. The number of alkyl halides is 1. The molecule has 4 nitrogen and oxygen atoms in total. The Morgan fingerprint density at radius 2 is 2.29 bits per heavy atom. The Bertz CT molecular complexity index is 270. The summed E-state index contributed by atoms with van der Waals surface area (Å²) in [4.78, 5) is 26.4. The molecule has 0 spiro atoms. The lowest BCUT2D eigenvalue weighted by Gasteiger charge is -2.22. The molecule has 0 aliphatic carbocycles. The number of carbonyl (C=O) groups is 2. The van der Waals surface area contributed by atoms with E-state index in [4.69, 9.17) is 11.6 Å². The zero-order valence-corrected chi connectivity index (χ0v) is 8.66. The van der Waals surface area contributed by atoms with Crippen molar-refractivity contribution in [3.05, 3.63) is 0 Å². The third-order valence-corrected chi connectivity index (χ3v) is 3.11. The average molecular weight is 217 g/mol. The topological polar surface area (TPSA) is 40.6 Å². The maximum Gasteiger partial charge on any atom is 0.244 e. The number of carbonyl (C=O) groups excluding carboxylic acids is 2. The van der Waals surface area contributed by atoms with E-state index in [9.17, 15) is 9.59 Å². The number of rotatable bonds is 1. The quantitative estimate of drug-likeness (QED) is 0.576. The molecule has 0 N–H and O–H groups in total. The number of hydrogen-bond donors (Lipinski definition) is 0. The van der Waals surface area contributed by atoms with Crippen LogP contribution in [0.5, 0.6) is 0 Å². The molecule has 2 bridgehead atoms. The molecule has 0 radical (unpaired) electrons. The van der Waals surface area contributed by atoms with Crippen molar-refractivity contribution in [1.82, 2.24) is 9.80 Å². The van der Waals surface area contributed by atoms with Crippen LogP contribution in [-0.4, -0.2) is 53.7 Å². The van der Waals surface area contributed by atoms with Gasteiger partial charge in [-0.3, -0.25) is 19.4 Å². The second-order valence-electron chi connectivity index (χ2n) is 3.92. The first-order valence-electron chi connectivity index (χ1n) is 4.82. The van der Waals surface area contributed by atoms with Crippen LogP contribution in [-0.2, 0) is 9.59 Å². The molecule has 0 aromatic rings. The maximum absolute atomic E-state index is 11.6. The fraction of sp³-hybridized carbons (Fsp3) is 0.778. The predicted octanol–water partition coefficient (Wildman–Crippen LogP) is -0.0841. The summed E-state index contributed by atoms with van der Waals surface area (Å²) in [6, 6.07) is 0. The van der Waals surface area contributed by atoms with Crippen LogP contribution in [0.4, 0.5) is 0 Å². The van der Waals surface area contributed by atoms with Crippen molar-refractivity contribution in [3.63, 3.8) is 0 Å². The van der Waals surface area contributed by atoms with Gasteiger partial charge in [0.05, 0.1) is 6.54 Å². The Hall–Kier alpha value is -0.610. The molecule has 2 aliphatic heterocycles. The van der Waals surface area contributed by atoms with Crippen LogP contribution in [0.25, 0.3) is 0 Å². The summed E-state index contributed by atoms with van der Waals surface area (Å²) in [5, 5.41) is 0. The van der Waals surface area contributed by atoms with E-state index in [0.29, 0.717) is 19.0 Å². The van der Waals surface area contributed by atoms with Gasteiger partial charge in [0, 0.05) is 13.1 Å². The molecular formula is C9H13ClN2O2. The van der Waals surface area contributed by atoms with Gasteiger partial charge in [0.15, 0.2) is 0 Å². The smallest absolute Gasteiger partial charge is 0.244 e. The Kier molecular flexibility index (Phi) is 2.74. The Labute approximate surface area is 87.8 Å². The first kappa shape index (κ1) is 9.93. The molecule has 2 fully saturated rings. The van der Waals surface area contributed by atoms with Gasteiger partial charge in [0.1, 0.15) is 5.88 Å².